The number of benzene rings is 1. The summed E-state index contributed by atoms with van der Waals surface area (Å²) in [4.78, 5) is 23.4. The molecule has 0 saturated carbocycles. The van der Waals surface area contributed by atoms with Gasteiger partial charge in [-0.1, -0.05) is 0 Å². The Morgan fingerprint density at radius 3 is 2.68 bits per heavy atom. The number of halogens is 4. The summed E-state index contributed by atoms with van der Waals surface area (Å²) in [5, 5.41) is 16.6. The lowest BCUT2D eigenvalue weighted by atomic mass is 10.0. The highest BCUT2D eigenvalue weighted by Crippen LogP contribution is 2.40. The second-order valence-corrected chi connectivity index (χ2v) is 8.05. The minimum absolute atomic E-state index is 0.0548. The van der Waals surface area contributed by atoms with Crippen molar-refractivity contribution >= 4 is 33.5 Å². The van der Waals surface area contributed by atoms with Gasteiger partial charge in [-0.15, -0.1) is 0 Å². The third-order valence-electron chi connectivity index (χ3n) is 5.69. The molecular formula is C24H16F4N8O. The number of primary amides is 1. The number of carbonyl (C=O) groups is 1. The summed E-state index contributed by atoms with van der Waals surface area (Å²) >= 11 is 0. The molecular weight excluding hydrogens is 492 g/mol. The number of nitrogens with two attached hydrogens (primary N) is 1. The molecule has 0 fully saturated rings. The van der Waals surface area contributed by atoms with Crippen molar-refractivity contribution in [3.8, 4) is 22.9 Å². The van der Waals surface area contributed by atoms with E-state index >= 15 is 0 Å². The SMILES string of the molecule is CCNc1cc(F)cc2c1[nH]c1ncc(-c3cncc(C#N)c3)c(-n3cc(C(N)=O)c(C(F)(F)F)n3)c12. The maximum absolute atomic E-state index is 14.7. The Balaban J connectivity index is 1.95. The third kappa shape index (κ3) is 3.98. The molecule has 4 N–H and O–H groups in total. The predicted molar refractivity (Wildman–Crippen MR) is 126 cm³/mol. The lowest BCUT2D eigenvalue weighted by Crippen LogP contribution is -2.17. The maximum atomic E-state index is 14.7. The Bertz CT molecular complexity index is 1750. The fourth-order valence-electron chi connectivity index (χ4n) is 4.21. The smallest absolute Gasteiger partial charge is 0.384 e. The molecule has 0 radical (unpaired) electrons. The van der Waals surface area contributed by atoms with Gasteiger partial charge in [-0.2, -0.15) is 23.5 Å². The average Bonchev–Trinajstić information content (AvgIpc) is 3.46. The highest BCUT2D eigenvalue weighted by molar-refractivity contribution is 6.15. The van der Waals surface area contributed by atoms with E-state index in [9.17, 15) is 27.6 Å². The van der Waals surface area contributed by atoms with Crippen LogP contribution in [-0.2, 0) is 6.18 Å². The van der Waals surface area contributed by atoms with Crippen molar-refractivity contribution in [2.24, 2.45) is 5.73 Å². The minimum Gasteiger partial charge on any atom is -0.384 e. The van der Waals surface area contributed by atoms with Gasteiger partial charge in [0.15, 0.2) is 5.69 Å². The molecule has 9 nitrogen and oxygen atoms in total. The molecule has 0 aliphatic heterocycles. The van der Waals surface area contributed by atoms with E-state index in [0.29, 0.717) is 28.7 Å². The number of anilines is 1. The van der Waals surface area contributed by atoms with Crippen LogP contribution in [0.3, 0.4) is 0 Å². The van der Waals surface area contributed by atoms with Gasteiger partial charge >= 0.3 is 6.18 Å². The number of pyridine rings is 2. The number of fused-ring (bicyclic) bond motifs is 3. The molecule has 1 amide bonds. The lowest BCUT2D eigenvalue weighted by molar-refractivity contribution is -0.141. The Kier molecular flexibility index (Phi) is 5.51. The van der Waals surface area contributed by atoms with E-state index in [1.807, 2.05) is 13.0 Å². The van der Waals surface area contributed by atoms with Gasteiger partial charge in [0.2, 0.25) is 0 Å². The molecule has 5 rings (SSSR count). The Morgan fingerprint density at radius 1 is 1.24 bits per heavy atom. The summed E-state index contributed by atoms with van der Waals surface area (Å²) in [5.41, 5.74) is 4.85. The first-order valence-corrected chi connectivity index (χ1v) is 10.8. The van der Waals surface area contributed by atoms with Gasteiger partial charge in [0.1, 0.15) is 17.5 Å². The molecule has 0 unspecified atom stereocenters. The quantitative estimate of drug-likeness (QED) is 0.298. The van der Waals surface area contributed by atoms with Crippen molar-refractivity contribution in [2.75, 3.05) is 11.9 Å². The number of alkyl halides is 3. The maximum Gasteiger partial charge on any atom is 0.435 e. The molecule has 4 heterocycles. The molecule has 0 spiro atoms. The standard InChI is InChI=1S/C24H16F4N8O/c1-2-32-17-5-13(25)4-14-18-20(36-10-16(22(30)37)21(35-36)24(26,27)28)15(9-33-23(18)34-19(14)17)12-3-11(6-29)7-31-8-12/h3-5,7-10,32H,2H2,1H3,(H2,30,37)(H,33,34). The fourth-order valence-corrected chi connectivity index (χ4v) is 4.21. The summed E-state index contributed by atoms with van der Waals surface area (Å²) in [6, 6.07) is 5.93. The number of carbonyl (C=O) groups excluding carboxylic acids is 1. The second-order valence-electron chi connectivity index (χ2n) is 8.05. The third-order valence-corrected chi connectivity index (χ3v) is 5.69. The van der Waals surface area contributed by atoms with Crippen LogP contribution in [0.15, 0.2) is 43.0 Å². The number of aromatic amines is 1. The summed E-state index contributed by atoms with van der Waals surface area (Å²) in [5.74, 6) is -1.92. The van der Waals surface area contributed by atoms with Gasteiger partial charge in [-0.05, 0) is 25.1 Å². The molecule has 0 bridgehead atoms. The summed E-state index contributed by atoms with van der Waals surface area (Å²) in [6.07, 6.45) is -0.0218. The zero-order valence-electron chi connectivity index (χ0n) is 19.0. The van der Waals surface area contributed by atoms with Crippen LogP contribution in [0.2, 0.25) is 0 Å². The van der Waals surface area contributed by atoms with E-state index in [1.54, 1.807) is 0 Å². The fraction of sp³-hybridized carbons (Fsp3) is 0.125. The van der Waals surface area contributed by atoms with E-state index in [0.717, 1.165) is 10.9 Å². The number of nitrogens with one attached hydrogen (secondary N) is 2. The topological polar surface area (TPSA) is 138 Å². The first-order valence-electron chi connectivity index (χ1n) is 10.8. The van der Waals surface area contributed by atoms with Crippen molar-refractivity contribution in [1.82, 2.24) is 24.7 Å². The monoisotopic (exact) mass is 508 g/mol. The first kappa shape index (κ1) is 23.7. The summed E-state index contributed by atoms with van der Waals surface area (Å²) in [6.45, 7) is 2.30. The Hall–Kier alpha value is -4.99. The van der Waals surface area contributed by atoms with E-state index < -0.39 is 29.2 Å². The Morgan fingerprint density at radius 2 is 2.03 bits per heavy atom. The van der Waals surface area contributed by atoms with Crippen LogP contribution >= 0.6 is 0 Å². The molecule has 13 heteroatoms. The van der Waals surface area contributed by atoms with E-state index in [4.69, 9.17) is 5.73 Å². The van der Waals surface area contributed by atoms with Crippen molar-refractivity contribution < 1.29 is 22.4 Å². The molecule has 1 aromatic carbocycles. The number of hydrogen-bond donors (Lipinski definition) is 3. The summed E-state index contributed by atoms with van der Waals surface area (Å²) in [7, 11) is 0. The molecule has 0 saturated heterocycles. The van der Waals surface area contributed by atoms with E-state index in [1.165, 1.54) is 36.8 Å². The van der Waals surface area contributed by atoms with Crippen LogP contribution in [0.5, 0.6) is 0 Å². The molecule has 0 aliphatic rings. The van der Waals surface area contributed by atoms with Crippen LogP contribution in [0, 0.1) is 17.1 Å². The van der Waals surface area contributed by atoms with E-state index in [-0.39, 0.29) is 27.8 Å². The number of hydrogen-bond acceptors (Lipinski definition) is 6. The van der Waals surface area contributed by atoms with Crippen LogP contribution in [0.1, 0.15) is 28.5 Å². The normalized spacial score (nSPS) is 11.7. The molecule has 4 aromatic heterocycles. The summed E-state index contributed by atoms with van der Waals surface area (Å²) < 4.78 is 56.8. The number of amides is 1. The number of nitrogens with zero attached hydrogens (tertiary/aromatic N) is 5. The van der Waals surface area contributed by atoms with Crippen LogP contribution < -0.4 is 11.1 Å². The highest BCUT2D eigenvalue weighted by atomic mass is 19.4. The zero-order chi connectivity index (χ0) is 26.5. The minimum atomic E-state index is -4.98. The van der Waals surface area contributed by atoms with Crippen LogP contribution in [0.25, 0.3) is 38.8 Å². The van der Waals surface area contributed by atoms with Crippen molar-refractivity contribution in [1.29, 1.82) is 5.26 Å². The van der Waals surface area contributed by atoms with Gasteiger partial charge in [-0.3, -0.25) is 9.78 Å². The number of aromatic nitrogens is 5. The zero-order valence-corrected chi connectivity index (χ0v) is 19.0. The molecule has 186 valence electrons. The largest absolute Gasteiger partial charge is 0.435 e. The highest BCUT2D eigenvalue weighted by Gasteiger charge is 2.39. The van der Waals surface area contributed by atoms with Crippen molar-refractivity contribution in [3.63, 3.8) is 0 Å². The second kappa shape index (κ2) is 8.59. The number of nitriles is 1. The Labute approximate surface area is 205 Å². The van der Waals surface area contributed by atoms with Gasteiger partial charge in [0.05, 0.1) is 33.4 Å². The average molecular weight is 508 g/mol. The van der Waals surface area contributed by atoms with Crippen molar-refractivity contribution in [3.05, 3.63) is 65.6 Å². The van der Waals surface area contributed by atoms with Gasteiger partial charge in [-0.25, -0.2) is 14.1 Å². The number of rotatable bonds is 5. The molecule has 37 heavy (non-hydrogen) atoms. The molecule has 0 atom stereocenters. The molecule has 5 aromatic rings. The first-order chi connectivity index (χ1) is 17.6. The van der Waals surface area contributed by atoms with Crippen LogP contribution in [-0.4, -0.2) is 37.2 Å². The van der Waals surface area contributed by atoms with E-state index in [2.05, 4.69) is 25.4 Å². The predicted octanol–water partition coefficient (Wildman–Crippen LogP) is 4.52. The number of H-pyrrole nitrogens is 1. The van der Waals surface area contributed by atoms with Crippen LogP contribution in [0.4, 0.5) is 23.2 Å². The van der Waals surface area contributed by atoms with Gasteiger partial charge in [0, 0.05) is 47.8 Å². The van der Waals surface area contributed by atoms with Gasteiger partial charge in [0.25, 0.3) is 5.91 Å². The van der Waals surface area contributed by atoms with Gasteiger partial charge < -0.3 is 16.0 Å². The lowest BCUT2D eigenvalue weighted by Gasteiger charge is -2.12. The van der Waals surface area contributed by atoms with Crippen molar-refractivity contribution in [2.45, 2.75) is 13.1 Å². The molecule has 0 aliphatic carbocycles.